The Balaban J connectivity index is 1.18. The van der Waals surface area contributed by atoms with Crippen molar-refractivity contribution in [1.82, 2.24) is 25.5 Å². The van der Waals surface area contributed by atoms with Crippen LogP contribution in [0.2, 0.25) is 0 Å². The van der Waals surface area contributed by atoms with Crippen LogP contribution >= 0.6 is 0 Å². The Morgan fingerprint density at radius 1 is 0.949 bits per heavy atom. The van der Waals surface area contributed by atoms with Gasteiger partial charge in [0.1, 0.15) is 5.82 Å². The molecule has 0 bridgehead atoms. The molecule has 2 heterocycles. The number of rotatable bonds is 11. The second-order valence-corrected chi connectivity index (χ2v) is 10.5. The van der Waals surface area contributed by atoms with E-state index in [1.807, 2.05) is 11.8 Å². The van der Waals surface area contributed by atoms with Crippen LogP contribution in [0.4, 0.5) is 24.9 Å². The molecule has 0 unspecified atom stereocenters. The molecule has 1 saturated heterocycles. The van der Waals surface area contributed by atoms with Crippen LogP contribution in [0.15, 0.2) is 30.3 Å². The zero-order chi connectivity index (χ0) is 27.7. The molecule has 2 aliphatic rings. The summed E-state index contributed by atoms with van der Waals surface area (Å²) in [4.78, 5) is 23.2. The van der Waals surface area contributed by atoms with Crippen LogP contribution in [0.3, 0.4) is 0 Å². The summed E-state index contributed by atoms with van der Waals surface area (Å²) in [6, 6.07) is 10.9. The van der Waals surface area contributed by atoms with E-state index in [2.05, 4.69) is 50.2 Å². The summed E-state index contributed by atoms with van der Waals surface area (Å²) in [5.74, 6) is -0.682. The van der Waals surface area contributed by atoms with Crippen molar-refractivity contribution < 1.29 is 18.0 Å². The number of nitrogens with one attached hydrogen (secondary N) is 3. The zero-order valence-corrected chi connectivity index (χ0v) is 22.7. The molecule has 214 valence electrons. The summed E-state index contributed by atoms with van der Waals surface area (Å²) in [7, 11) is 0. The van der Waals surface area contributed by atoms with Crippen molar-refractivity contribution in [2.24, 2.45) is 0 Å². The van der Waals surface area contributed by atoms with Gasteiger partial charge < -0.3 is 25.8 Å². The van der Waals surface area contributed by atoms with Gasteiger partial charge in [-0.05, 0) is 50.4 Å². The van der Waals surface area contributed by atoms with Gasteiger partial charge >= 0.3 is 12.1 Å². The molecular formula is C28H40F3N7O. The Morgan fingerprint density at radius 2 is 1.62 bits per heavy atom. The van der Waals surface area contributed by atoms with Crippen LogP contribution in [-0.4, -0.2) is 72.3 Å². The predicted octanol–water partition coefficient (Wildman–Crippen LogP) is 4.01. The maximum absolute atomic E-state index is 12.7. The van der Waals surface area contributed by atoms with Crippen molar-refractivity contribution in [2.45, 2.75) is 70.8 Å². The van der Waals surface area contributed by atoms with Crippen molar-refractivity contribution in [3.8, 4) is 0 Å². The number of anilines is 2. The third-order valence-electron chi connectivity index (χ3n) is 7.35. The van der Waals surface area contributed by atoms with Gasteiger partial charge in [0, 0.05) is 57.1 Å². The Hall–Kier alpha value is -2.92. The Kier molecular flexibility index (Phi) is 10.4. The summed E-state index contributed by atoms with van der Waals surface area (Å²) in [6.07, 6.45) is 3.03. The van der Waals surface area contributed by atoms with E-state index in [-0.39, 0.29) is 26.2 Å². The highest BCUT2D eigenvalue weighted by Gasteiger charge is 2.43. The molecule has 0 atom stereocenters. The predicted molar refractivity (Wildman–Crippen MR) is 147 cm³/mol. The maximum atomic E-state index is 12.7. The molecule has 1 aromatic carbocycles. The maximum Gasteiger partial charge on any atom is 0.471 e. The van der Waals surface area contributed by atoms with E-state index >= 15 is 0 Å². The molecule has 1 aliphatic carbocycles. The number of carbonyl (C=O) groups excluding carboxylic acids is 1. The summed E-state index contributed by atoms with van der Waals surface area (Å²) in [6.45, 7) is 5.87. The second kappa shape index (κ2) is 13.9. The fourth-order valence-corrected chi connectivity index (χ4v) is 5.13. The van der Waals surface area contributed by atoms with Crippen molar-refractivity contribution >= 4 is 17.7 Å². The number of benzene rings is 1. The molecule has 1 aliphatic heterocycles. The van der Waals surface area contributed by atoms with Crippen LogP contribution in [0.5, 0.6) is 0 Å². The number of hydrogen-bond donors (Lipinski definition) is 3. The normalized spacial score (nSPS) is 16.9. The molecule has 3 N–H and O–H groups in total. The van der Waals surface area contributed by atoms with E-state index in [0.29, 0.717) is 24.4 Å². The van der Waals surface area contributed by atoms with Gasteiger partial charge in [0.25, 0.3) is 0 Å². The fraction of sp³-hybridized carbons (Fsp3) is 0.607. The highest BCUT2D eigenvalue weighted by Crippen LogP contribution is 2.22. The smallest absolute Gasteiger partial charge is 0.353 e. The number of hydrogen-bond acceptors (Lipinski definition) is 7. The van der Waals surface area contributed by atoms with Crippen molar-refractivity contribution in [2.75, 3.05) is 49.5 Å². The number of halogens is 3. The molecule has 0 radical (unpaired) electrons. The topological polar surface area (TPSA) is 85.4 Å². The molecule has 1 saturated carbocycles. The lowest BCUT2D eigenvalue weighted by molar-refractivity contribution is -0.185. The van der Waals surface area contributed by atoms with E-state index in [9.17, 15) is 18.0 Å². The Morgan fingerprint density at radius 3 is 2.28 bits per heavy atom. The SMILES string of the molecule is Cc1cc(N2CCN(C(=O)C(F)(F)F)CC2)nc(NCc2ccc(CNCCCNC3CCCCC3)cc2)n1. The molecule has 11 heteroatoms. The van der Waals surface area contributed by atoms with Gasteiger partial charge in [0.2, 0.25) is 5.95 Å². The van der Waals surface area contributed by atoms with Crippen LogP contribution in [0.1, 0.15) is 55.3 Å². The van der Waals surface area contributed by atoms with Gasteiger partial charge in [0.15, 0.2) is 0 Å². The first-order valence-corrected chi connectivity index (χ1v) is 14.0. The number of carbonyl (C=O) groups is 1. The average Bonchev–Trinajstić information content (AvgIpc) is 2.94. The monoisotopic (exact) mass is 547 g/mol. The number of alkyl halides is 3. The minimum Gasteiger partial charge on any atom is -0.353 e. The molecule has 4 rings (SSSR count). The molecule has 39 heavy (non-hydrogen) atoms. The lowest BCUT2D eigenvalue weighted by atomic mass is 9.95. The Labute approximate surface area is 228 Å². The van der Waals surface area contributed by atoms with E-state index in [1.165, 1.54) is 37.7 Å². The van der Waals surface area contributed by atoms with Crippen molar-refractivity contribution in [3.05, 3.63) is 47.2 Å². The van der Waals surface area contributed by atoms with Crippen molar-refractivity contribution in [3.63, 3.8) is 0 Å². The first kappa shape index (κ1) is 29.1. The molecule has 0 spiro atoms. The van der Waals surface area contributed by atoms with Crippen LogP contribution in [0.25, 0.3) is 0 Å². The molecular weight excluding hydrogens is 507 g/mol. The molecule has 1 amide bonds. The summed E-state index contributed by atoms with van der Waals surface area (Å²) < 4.78 is 38.2. The van der Waals surface area contributed by atoms with Gasteiger partial charge in [-0.25, -0.2) is 4.98 Å². The van der Waals surface area contributed by atoms with E-state index < -0.39 is 12.1 Å². The number of aryl methyl sites for hydroxylation is 1. The minimum absolute atomic E-state index is 0.00269. The first-order valence-electron chi connectivity index (χ1n) is 14.0. The van der Waals surface area contributed by atoms with E-state index in [0.717, 1.165) is 42.2 Å². The fourth-order valence-electron chi connectivity index (χ4n) is 5.13. The quantitative estimate of drug-likeness (QED) is 0.367. The lowest BCUT2D eigenvalue weighted by Gasteiger charge is -2.35. The van der Waals surface area contributed by atoms with Crippen molar-refractivity contribution in [1.29, 1.82) is 0 Å². The van der Waals surface area contributed by atoms with Gasteiger partial charge in [-0.2, -0.15) is 18.2 Å². The largest absolute Gasteiger partial charge is 0.471 e. The van der Waals surface area contributed by atoms with E-state index in [4.69, 9.17) is 0 Å². The van der Waals surface area contributed by atoms with Crippen LogP contribution < -0.4 is 20.9 Å². The summed E-state index contributed by atoms with van der Waals surface area (Å²) in [5.41, 5.74) is 3.09. The minimum atomic E-state index is -4.84. The Bertz CT molecular complexity index is 1050. The number of aromatic nitrogens is 2. The highest BCUT2D eigenvalue weighted by atomic mass is 19.4. The summed E-state index contributed by atoms with van der Waals surface area (Å²) >= 11 is 0. The number of amides is 1. The van der Waals surface area contributed by atoms with Gasteiger partial charge in [-0.15, -0.1) is 0 Å². The van der Waals surface area contributed by atoms with Gasteiger partial charge in [-0.1, -0.05) is 43.5 Å². The third-order valence-corrected chi connectivity index (χ3v) is 7.35. The summed E-state index contributed by atoms with van der Waals surface area (Å²) in [5, 5.41) is 10.5. The first-order chi connectivity index (χ1) is 18.8. The molecule has 2 aromatic rings. The standard InChI is InChI=1S/C28H40F3N7O/c1-21-18-25(37-14-16-38(17-15-37)26(39)28(29,30)31)36-27(35-21)34-20-23-10-8-22(9-11-23)19-32-12-5-13-33-24-6-3-2-4-7-24/h8-11,18,24,32-33H,2-7,12-17,19-20H2,1H3,(H,34,35,36). The number of nitrogens with zero attached hydrogens (tertiary/aromatic N) is 4. The molecule has 1 aromatic heterocycles. The van der Waals surface area contributed by atoms with Crippen LogP contribution in [0, 0.1) is 6.92 Å². The lowest BCUT2D eigenvalue weighted by Crippen LogP contribution is -2.52. The van der Waals surface area contributed by atoms with Crippen LogP contribution in [-0.2, 0) is 17.9 Å². The second-order valence-electron chi connectivity index (χ2n) is 10.5. The zero-order valence-electron chi connectivity index (χ0n) is 22.7. The molecule has 2 fully saturated rings. The molecule has 8 nitrogen and oxygen atoms in total. The average molecular weight is 548 g/mol. The highest BCUT2D eigenvalue weighted by molar-refractivity contribution is 5.82. The van der Waals surface area contributed by atoms with Gasteiger partial charge in [0.05, 0.1) is 0 Å². The van der Waals surface area contributed by atoms with E-state index in [1.54, 1.807) is 6.07 Å². The third kappa shape index (κ3) is 9.06. The number of piperazine rings is 1. The van der Waals surface area contributed by atoms with Gasteiger partial charge in [-0.3, -0.25) is 4.79 Å².